The van der Waals surface area contributed by atoms with Crippen molar-refractivity contribution in [1.29, 1.82) is 0 Å². The minimum Gasteiger partial charge on any atom is -0.469 e. The zero-order valence-corrected chi connectivity index (χ0v) is 24.3. The number of esters is 1. The average molecular weight is 603 g/mol. The second-order valence-corrected chi connectivity index (χ2v) is 12.0. The van der Waals surface area contributed by atoms with Crippen molar-refractivity contribution in [1.82, 2.24) is 14.9 Å². The highest BCUT2D eigenvalue weighted by molar-refractivity contribution is 7.89. The first-order chi connectivity index (χ1) is 20.0. The Balaban J connectivity index is 1.67. The second kappa shape index (κ2) is 15.3. The van der Waals surface area contributed by atoms with E-state index in [2.05, 4.69) is 15.0 Å². The van der Waals surface area contributed by atoms with Gasteiger partial charge in [-0.1, -0.05) is 42.5 Å². The van der Waals surface area contributed by atoms with Gasteiger partial charge >= 0.3 is 5.97 Å². The second-order valence-electron chi connectivity index (χ2n) is 10.1. The fraction of sp³-hybridized carbons (Fsp3) is 0.464. The van der Waals surface area contributed by atoms with Crippen molar-refractivity contribution < 1.29 is 32.3 Å². The molecule has 228 valence electrons. The lowest BCUT2D eigenvalue weighted by Crippen LogP contribution is -2.55. The van der Waals surface area contributed by atoms with E-state index in [1.165, 1.54) is 4.90 Å². The molecular weight excluding hydrogens is 564 g/mol. The van der Waals surface area contributed by atoms with Crippen LogP contribution < -0.4 is 21.5 Å². The third-order valence-corrected chi connectivity index (χ3v) is 8.38. The number of ether oxygens (including phenoxy) is 1. The minimum absolute atomic E-state index is 0.0763. The van der Waals surface area contributed by atoms with Crippen LogP contribution in [0, 0.1) is 0 Å². The highest BCUT2D eigenvalue weighted by Crippen LogP contribution is 2.21. The Morgan fingerprint density at radius 3 is 2.60 bits per heavy atom. The van der Waals surface area contributed by atoms with Crippen LogP contribution in [-0.4, -0.2) is 87.4 Å². The summed E-state index contributed by atoms with van der Waals surface area (Å²) in [4.78, 5) is 55.3. The van der Waals surface area contributed by atoms with Gasteiger partial charge in [-0.15, -0.1) is 0 Å². The molecule has 1 saturated heterocycles. The number of likely N-dealkylation sites (tertiary alicyclic amines) is 1. The Hall–Kier alpha value is -4.04. The summed E-state index contributed by atoms with van der Waals surface area (Å²) in [6.07, 6.45) is 1.77. The fourth-order valence-corrected chi connectivity index (χ4v) is 6.07. The first-order valence-electron chi connectivity index (χ1n) is 13.7. The molecule has 14 heteroatoms. The monoisotopic (exact) mass is 602 g/mol. The molecular formula is C28H38N6O7S. The topological polar surface area (TPSA) is 203 Å². The molecule has 2 aromatic carbocycles. The molecule has 3 rings (SSSR count). The third-order valence-electron chi connectivity index (χ3n) is 6.99. The van der Waals surface area contributed by atoms with Crippen LogP contribution in [0.5, 0.6) is 0 Å². The number of carbonyl (C=O) groups excluding carboxylic acids is 4. The van der Waals surface area contributed by atoms with Gasteiger partial charge in [0.15, 0.2) is 5.96 Å². The number of rotatable bonds is 15. The summed E-state index contributed by atoms with van der Waals surface area (Å²) in [6, 6.07) is 10.2. The van der Waals surface area contributed by atoms with Crippen LogP contribution >= 0.6 is 0 Å². The molecule has 0 spiro atoms. The lowest BCUT2D eigenvalue weighted by Gasteiger charge is -2.29. The molecule has 0 saturated carbocycles. The lowest BCUT2D eigenvalue weighted by molar-refractivity contribution is -0.146. The molecule has 0 bridgehead atoms. The summed E-state index contributed by atoms with van der Waals surface area (Å²) < 4.78 is 33.2. The molecule has 3 atom stereocenters. The minimum atomic E-state index is -4.02. The lowest BCUT2D eigenvalue weighted by atomic mass is 10.1. The van der Waals surface area contributed by atoms with Crippen LogP contribution in [-0.2, 0) is 40.4 Å². The maximum Gasteiger partial charge on any atom is 0.307 e. The van der Waals surface area contributed by atoms with Crippen molar-refractivity contribution in [3.63, 3.8) is 0 Å². The third kappa shape index (κ3) is 9.52. The van der Waals surface area contributed by atoms with Crippen LogP contribution in [0.1, 0.15) is 37.7 Å². The van der Waals surface area contributed by atoms with Gasteiger partial charge in [-0.3, -0.25) is 19.4 Å². The zero-order chi connectivity index (χ0) is 30.7. The highest BCUT2D eigenvalue weighted by Gasteiger charge is 2.39. The summed E-state index contributed by atoms with van der Waals surface area (Å²) in [5, 5.41) is 4.63. The number of methoxy groups -OCH3 is 1. The summed E-state index contributed by atoms with van der Waals surface area (Å²) in [6.45, 7) is 0.469. The van der Waals surface area contributed by atoms with Crippen LogP contribution in [0.2, 0.25) is 0 Å². The highest BCUT2D eigenvalue weighted by atomic mass is 32.2. The molecule has 0 radical (unpaired) electrons. The van der Waals surface area contributed by atoms with Crippen LogP contribution in [0.15, 0.2) is 47.5 Å². The van der Waals surface area contributed by atoms with Gasteiger partial charge in [-0.2, -0.15) is 0 Å². The Kier molecular flexibility index (Phi) is 11.8. The van der Waals surface area contributed by atoms with Gasteiger partial charge in [-0.05, 0) is 48.4 Å². The zero-order valence-electron chi connectivity index (χ0n) is 23.5. The Bertz CT molecular complexity index is 1410. The molecule has 0 aromatic heterocycles. The maximum absolute atomic E-state index is 13.5. The number of nitrogens with zero attached hydrogens (tertiary/aromatic N) is 2. The molecule has 1 fully saturated rings. The van der Waals surface area contributed by atoms with Crippen molar-refractivity contribution in [2.75, 3.05) is 26.0 Å². The van der Waals surface area contributed by atoms with E-state index in [0.717, 1.165) is 23.4 Å². The Labute approximate surface area is 245 Å². The maximum atomic E-state index is 13.5. The van der Waals surface area contributed by atoms with Gasteiger partial charge < -0.3 is 31.2 Å². The summed E-state index contributed by atoms with van der Waals surface area (Å²) in [5.74, 6) is -2.44. The molecule has 2 amide bonds. The number of amides is 2. The van der Waals surface area contributed by atoms with Crippen molar-refractivity contribution in [3.05, 3.63) is 48.0 Å². The van der Waals surface area contributed by atoms with Crippen molar-refractivity contribution in [2.45, 2.75) is 56.7 Å². The van der Waals surface area contributed by atoms with Gasteiger partial charge in [0.2, 0.25) is 21.8 Å². The number of aliphatic imine (C=N–C) groups is 1. The number of aryl methyl sites for hydroxylation is 1. The van der Waals surface area contributed by atoms with Gasteiger partial charge in [0.05, 0.1) is 25.3 Å². The first-order valence-corrected chi connectivity index (χ1v) is 15.3. The number of benzene rings is 2. The van der Waals surface area contributed by atoms with Gasteiger partial charge in [0.25, 0.3) is 0 Å². The van der Waals surface area contributed by atoms with E-state index in [1.807, 2.05) is 42.5 Å². The predicted octanol–water partition coefficient (Wildman–Crippen LogP) is -0.0383. The van der Waals surface area contributed by atoms with Crippen LogP contribution in [0.25, 0.3) is 10.8 Å². The number of fused-ring (bicyclic) bond motifs is 1. The SMILES string of the molecule is COC(=O)CC(NS(=O)(=O)CCc1ccc2ccccc2c1)C(=O)N1CCCC1C(=O)N[C@H](C=O)CCCN=C(N)N. The number of hydrogen-bond acceptors (Lipinski definition) is 8. The largest absolute Gasteiger partial charge is 0.469 e. The van der Waals surface area contributed by atoms with E-state index >= 15 is 0 Å². The molecule has 2 unspecified atom stereocenters. The summed E-state index contributed by atoms with van der Waals surface area (Å²) >= 11 is 0. The van der Waals surface area contributed by atoms with Crippen LogP contribution in [0.3, 0.4) is 0 Å². The number of hydrogen-bond donors (Lipinski definition) is 4. The molecule has 42 heavy (non-hydrogen) atoms. The standard InChI is InChI=1S/C28H38N6O7S/c1-41-25(36)17-23(33-42(39,40)15-12-19-10-11-20-6-2-3-7-21(20)16-19)27(38)34-14-5-9-24(34)26(37)32-22(18-35)8-4-13-31-28(29)30/h2-3,6-7,10-11,16,18,22-24,33H,4-5,8-9,12-15,17H2,1H3,(H,32,37)(H4,29,30,31)/t22-,23?,24?/m0/s1. The molecule has 1 heterocycles. The van der Waals surface area contributed by atoms with E-state index < -0.39 is 52.4 Å². The van der Waals surface area contributed by atoms with E-state index in [4.69, 9.17) is 16.2 Å². The van der Waals surface area contributed by atoms with Crippen LogP contribution in [0.4, 0.5) is 0 Å². The molecule has 2 aromatic rings. The number of guanidine groups is 1. The molecule has 6 N–H and O–H groups in total. The van der Waals surface area contributed by atoms with Gasteiger partial charge in [-0.25, -0.2) is 13.1 Å². The normalized spacial score (nSPS) is 16.4. The molecule has 13 nitrogen and oxygen atoms in total. The number of nitrogens with one attached hydrogen (secondary N) is 2. The Morgan fingerprint density at radius 1 is 1.17 bits per heavy atom. The quantitative estimate of drug-likeness (QED) is 0.0709. The smallest absolute Gasteiger partial charge is 0.307 e. The molecule has 1 aliphatic heterocycles. The predicted molar refractivity (Wildman–Crippen MR) is 158 cm³/mol. The van der Waals surface area contributed by atoms with Crippen molar-refractivity contribution in [3.8, 4) is 0 Å². The number of aldehydes is 1. The molecule has 1 aliphatic rings. The number of nitrogens with two attached hydrogens (primary N) is 2. The van der Waals surface area contributed by atoms with Gasteiger partial charge in [0.1, 0.15) is 18.4 Å². The van der Waals surface area contributed by atoms with E-state index in [1.54, 1.807) is 0 Å². The summed E-state index contributed by atoms with van der Waals surface area (Å²) in [7, 11) is -2.89. The molecule has 0 aliphatic carbocycles. The van der Waals surface area contributed by atoms with E-state index in [0.29, 0.717) is 25.5 Å². The van der Waals surface area contributed by atoms with Crippen molar-refractivity contribution in [2.24, 2.45) is 16.5 Å². The fourth-order valence-electron chi connectivity index (χ4n) is 4.83. The number of sulfonamides is 1. The van der Waals surface area contributed by atoms with E-state index in [-0.39, 0.29) is 37.6 Å². The Morgan fingerprint density at radius 2 is 1.90 bits per heavy atom. The van der Waals surface area contributed by atoms with E-state index in [9.17, 15) is 27.6 Å². The summed E-state index contributed by atoms with van der Waals surface area (Å²) in [5.41, 5.74) is 11.4. The van der Waals surface area contributed by atoms with Gasteiger partial charge in [0, 0.05) is 13.1 Å². The average Bonchev–Trinajstić information content (AvgIpc) is 3.46. The number of carbonyl (C=O) groups is 4. The first kappa shape index (κ1) is 32.5. The van der Waals surface area contributed by atoms with Crippen molar-refractivity contribution >= 4 is 50.8 Å².